The summed E-state index contributed by atoms with van der Waals surface area (Å²) in [6.45, 7) is 5.17. The fraction of sp³-hybridized carbons (Fsp3) is 0.312. The Morgan fingerprint density at radius 1 is 1.41 bits per heavy atom. The van der Waals surface area contributed by atoms with Gasteiger partial charge in [-0.05, 0) is 29.7 Å². The number of anilines is 1. The zero-order valence-corrected chi connectivity index (χ0v) is 13.3. The molecule has 0 fully saturated rings. The van der Waals surface area contributed by atoms with Crippen LogP contribution in [0.25, 0.3) is 0 Å². The number of nitrogens with one attached hydrogen (secondary N) is 1. The second kappa shape index (κ2) is 7.62. The third-order valence-corrected chi connectivity index (χ3v) is 3.08. The molecule has 0 amide bonds. The zero-order chi connectivity index (χ0) is 15.9. The summed E-state index contributed by atoms with van der Waals surface area (Å²) in [6.07, 6.45) is 3.33. The Kier molecular flexibility index (Phi) is 5.56. The maximum absolute atomic E-state index is 9.02. The first kappa shape index (κ1) is 16.1. The molecule has 2 heterocycles. The van der Waals surface area contributed by atoms with E-state index in [4.69, 9.17) is 21.6 Å². The van der Waals surface area contributed by atoms with Crippen LogP contribution in [0.2, 0.25) is 5.02 Å². The largest absolute Gasteiger partial charge is 0.476 e. The van der Waals surface area contributed by atoms with Crippen molar-refractivity contribution in [3.63, 3.8) is 0 Å². The molecule has 0 saturated carbocycles. The van der Waals surface area contributed by atoms with Crippen LogP contribution in [0.3, 0.4) is 0 Å². The van der Waals surface area contributed by atoms with Crippen LogP contribution in [0.15, 0.2) is 30.6 Å². The van der Waals surface area contributed by atoms with Gasteiger partial charge in [0, 0.05) is 18.9 Å². The van der Waals surface area contributed by atoms with Gasteiger partial charge in [0.15, 0.2) is 0 Å². The molecule has 2 aromatic rings. The van der Waals surface area contributed by atoms with Gasteiger partial charge in [0.25, 0.3) is 0 Å². The monoisotopic (exact) mass is 316 g/mol. The lowest BCUT2D eigenvalue weighted by Crippen LogP contribution is -2.07. The van der Waals surface area contributed by atoms with E-state index in [0.717, 1.165) is 5.56 Å². The minimum atomic E-state index is 0.410. The van der Waals surface area contributed by atoms with Crippen molar-refractivity contribution >= 4 is 17.4 Å². The van der Waals surface area contributed by atoms with Gasteiger partial charge in [0.05, 0.1) is 12.2 Å². The molecule has 0 saturated heterocycles. The molecule has 0 unspecified atom stereocenters. The zero-order valence-electron chi connectivity index (χ0n) is 12.5. The highest BCUT2D eigenvalue weighted by atomic mass is 35.5. The number of pyridine rings is 2. The fourth-order valence-corrected chi connectivity index (χ4v) is 1.98. The maximum atomic E-state index is 9.02. The van der Waals surface area contributed by atoms with Gasteiger partial charge < -0.3 is 10.1 Å². The lowest BCUT2D eigenvalue weighted by Gasteiger charge is -2.11. The number of hydrogen-bond donors (Lipinski definition) is 1. The molecule has 0 bridgehead atoms. The summed E-state index contributed by atoms with van der Waals surface area (Å²) >= 11 is 6.17. The SMILES string of the molecule is CC(C)COc1ncc(CNc2ncccc2C#N)cc1Cl. The summed E-state index contributed by atoms with van der Waals surface area (Å²) in [7, 11) is 0. The molecule has 1 N–H and O–H groups in total. The van der Waals surface area contributed by atoms with Crippen molar-refractivity contribution in [1.29, 1.82) is 5.26 Å². The summed E-state index contributed by atoms with van der Waals surface area (Å²) in [4.78, 5) is 8.37. The van der Waals surface area contributed by atoms with Gasteiger partial charge in [0.1, 0.15) is 16.9 Å². The lowest BCUT2D eigenvalue weighted by molar-refractivity contribution is 0.261. The first-order chi connectivity index (χ1) is 10.6. The number of ether oxygens (including phenoxy) is 1. The van der Waals surface area contributed by atoms with Crippen molar-refractivity contribution in [1.82, 2.24) is 9.97 Å². The molecule has 0 spiro atoms. The summed E-state index contributed by atoms with van der Waals surface area (Å²) < 4.78 is 5.53. The number of hydrogen-bond acceptors (Lipinski definition) is 5. The molecule has 0 aliphatic carbocycles. The predicted molar refractivity (Wildman–Crippen MR) is 85.9 cm³/mol. The van der Waals surface area contributed by atoms with Crippen LogP contribution in [-0.2, 0) is 6.54 Å². The third-order valence-electron chi connectivity index (χ3n) is 2.81. The molecule has 2 rings (SSSR count). The summed E-state index contributed by atoms with van der Waals surface area (Å²) in [5, 5.41) is 12.6. The Morgan fingerprint density at radius 3 is 2.91 bits per heavy atom. The van der Waals surface area contributed by atoms with Gasteiger partial charge in [-0.1, -0.05) is 25.4 Å². The van der Waals surface area contributed by atoms with Crippen LogP contribution in [0.5, 0.6) is 5.88 Å². The van der Waals surface area contributed by atoms with Crippen molar-refractivity contribution in [2.24, 2.45) is 5.92 Å². The smallest absolute Gasteiger partial charge is 0.232 e. The number of nitrogens with zero attached hydrogens (tertiary/aromatic N) is 3. The Balaban J connectivity index is 2.02. The summed E-state index contributed by atoms with van der Waals surface area (Å²) in [5.41, 5.74) is 1.38. The van der Waals surface area contributed by atoms with Crippen LogP contribution in [0.4, 0.5) is 5.82 Å². The van der Waals surface area contributed by atoms with E-state index in [1.807, 2.05) is 0 Å². The van der Waals surface area contributed by atoms with Crippen molar-refractivity contribution in [3.05, 3.63) is 46.7 Å². The molecule has 114 valence electrons. The van der Waals surface area contributed by atoms with Crippen molar-refractivity contribution in [3.8, 4) is 11.9 Å². The fourth-order valence-electron chi connectivity index (χ4n) is 1.74. The topological polar surface area (TPSA) is 70.8 Å². The average Bonchev–Trinajstić information content (AvgIpc) is 2.52. The van der Waals surface area contributed by atoms with Crippen molar-refractivity contribution in [2.45, 2.75) is 20.4 Å². The van der Waals surface area contributed by atoms with Crippen LogP contribution in [-0.4, -0.2) is 16.6 Å². The molecular formula is C16H17ClN4O. The molecule has 0 aliphatic heterocycles. The highest BCUT2D eigenvalue weighted by molar-refractivity contribution is 6.31. The maximum Gasteiger partial charge on any atom is 0.232 e. The highest BCUT2D eigenvalue weighted by Crippen LogP contribution is 2.23. The van der Waals surface area contributed by atoms with Gasteiger partial charge in [-0.15, -0.1) is 0 Å². The molecular weight excluding hydrogens is 300 g/mol. The van der Waals surface area contributed by atoms with Gasteiger partial charge in [0.2, 0.25) is 5.88 Å². The molecule has 0 atom stereocenters. The predicted octanol–water partition coefficient (Wildman–Crippen LogP) is 3.65. The molecule has 5 nitrogen and oxygen atoms in total. The van der Waals surface area contributed by atoms with E-state index in [2.05, 4.69) is 35.2 Å². The van der Waals surface area contributed by atoms with E-state index >= 15 is 0 Å². The van der Waals surface area contributed by atoms with Crippen molar-refractivity contribution in [2.75, 3.05) is 11.9 Å². The minimum absolute atomic E-state index is 0.410. The normalized spacial score (nSPS) is 10.3. The molecule has 2 aromatic heterocycles. The van der Waals surface area contributed by atoms with Crippen LogP contribution >= 0.6 is 11.6 Å². The van der Waals surface area contributed by atoms with Crippen molar-refractivity contribution < 1.29 is 4.74 Å². The number of aromatic nitrogens is 2. The molecule has 22 heavy (non-hydrogen) atoms. The van der Waals surface area contributed by atoms with Crippen LogP contribution in [0.1, 0.15) is 25.0 Å². The van der Waals surface area contributed by atoms with Gasteiger partial charge >= 0.3 is 0 Å². The summed E-state index contributed by atoms with van der Waals surface area (Å²) in [6, 6.07) is 7.33. The third kappa shape index (κ3) is 4.34. The molecule has 6 heteroatoms. The van der Waals surface area contributed by atoms with Crippen LogP contribution < -0.4 is 10.1 Å². The lowest BCUT2D eigenvalue weighted by atomic mass is 10.2. The van der Waals surface area contributed by atoms with E-state index in [9.17, 15) is 0 Å². The van der Waals surface area contributed by atoms with E-state index in [1.165, 1.54) is 0 Å². The van der Waals surface area contributed by atoms with E-state index in [0.29, 0.717) is 41.4 Å². The Labute approximate surface area is 134 Å². The molecule has 0 aliphatic rings. The number of nitriles is 1. The second-order valence-corrected chi connectivity index (χ2v) is 5.61. The van der Waals surface area contributed by atoms with E-state index < -0.39 is 0 Å². The highest BCUT2D eigenvalue weighted by Gasteiger charge is 2.07. The Morgan fingerprint density at radius 2 is 2.23 bits per heavy atom. The van der Waals surface area contributed by atoms with Gasteiger partial charge in [-0.25, -0.2) is 9.97 Å². The average molecular weight is 317 g/mol. The number of halogens is 1. The quantitative estimate of drug-likeness (QED) is 0.880. The molecule has 0 aromatic carbocycles. The van der Waals surface area contributed by atoms with Crippen LogP contribution in [0, 0.1) is 17.2 Å². The first-order valence-corrected chi connectivity index (χ1v) is 7.34. The van der Waals surface area contributed by atoms with E-state index in [-0.39, 0.29) is 0 Å². The Hall–Kier alpha value is -2.32. The van der Waals surface area contributed by atoms with Gasteiger partial charge in [-0.3, -0.25) is 0 Å². The number of rotatable bonds is 6. The van der Waals surface area contributed by atoms with Gasteiger partial charge in [-0.2, -0.15) is 5.26 Å². The second-order valence-electron chi connectivity index (χ2n) is 5.20. The Bertz CT molecular complexity index is 682. The molecule has 0 radical (unpaired) electrons. The summed E-state index contributed by atoms with van der Waals surface area (Å²) in [5.74, 6) is 1.39. The minimum Gasteiger partial charge on any atom is -0.476 e. The first-order valence-electron chi connectivity index (χ1n) is 6.96. The van der Waals surface area contributed by atoms with E-state index in [1.54, 1.807) is 30.6 Å². The standard InChI is InChI=1S/C16H17ClN4O/c1-11(2)10-22-16-14(17)6-12(9-21-16)8-20-15-13(7-18)4-3-5-19-15/h3-6,9,11H,8,10H2,1-2H3,(H,19,20).